The Hall–Kier alpha value is -3.79. The van der Waals surface area contributed by atoms with Crippen LogP contribution in [0.1, 0.15) is 0 Å². The van der Waals surface area contributed by atoms with Gasteiger partial charge in [0.15, 0.2) is 0 Å². The average Bonchev–Trinajstić information content (AvgIpc) is 2.73. The third-order valence-corrected chi connectivity index (χ3v) is 3.74. The molecule has 1 aromatic carbocycles. The second-order valence-corrected chi connectivity index (χ2v) is 5.62. The zero-order valence-corrected chi connectivity index (χ0v) is 15.0. The Kier molecular flexibility index (Phi) is 5.92. The number of nitrogens with one attached hydrogen (secondary N) is 2. The van der Waals surface area contributed by atoms with Crippen LogP contribution in [0.4, 0.5) is 23.1 Å². The summed E-state index contributed by atoms with van der Waals surface area (Å²) in [6.45, 7) is 0.172. The molecule has 3 N–H and O–H groups in total. The van der Waals surface area contributed by atoms with E-state index in [1.807, 2.05) is 6.07 Å². The molecule has 0 amide bonds. The number of hydrogen-bond acceptors (Lipinski definition) is 9. The van der Waals surface area contributed by atoms with E-state index in [9.17, 15) is 10.1 Å². The van der Waals surface area contributed by atoms with Gasteiger partial charge in [-0.2, -0.15) is 4.98 Å². The van der Waals surface area contributed by atoms with Crippen LogP contribution in [-0.4, -0.2) is 45.2 Å². The lowest BCUT2D eigenvalue weighted by Gasteiger charge is -2.11. The molecule has 0 saturated carbocycles. The summed E-state index contributed by atoms with van der Waals surface area (Å²) >= 11 is 0. The molecule has 3 rings (SSSR count). The number of hydrogen-bond donors (Lipinski definition) is 3. The minimum Gasteiger partial charge on any atom is -0.496 e. The van der Waals surface area contributed by atoms with Crippen molar-refractivity contribution in [2.75, 3.05) is 30.9 Å². The number of pyridine rings is 1. The lowest BCUT2D eigenvalue weighted by atomic mass is 10.2. The molecule has 10 nitrogen and oxygen atoms in total. The van der Waals surface area contributed by atoms with Gasteiger partial charge >= 0.3 is 0 Å². The van der Waals surface area contributed by atoms with Crippen LogP contribution in [0.2, 0.25) is 0 Å². The highest BCUT2D eigenvalue weighted by molar-refractivity contribution is 5.72. The van der Waals surface area contributed by atoms with E-state index in [2.05, 4.69) is 25.6 Å². The monoisotopic (exact) mass is 382 g/mol. The molecule has 0 unspecified atom stereocenters. The quantitative estimate of drug-likeness (QED) is 0.397. The number of nitro groups is 1. The van der Waals surface area contributed by atoms with Gasteiger partial charge in [-0.3, -0.25) is 15.1 Å². The van der Waals surface area contributed by atoms with Crippen LogP contribution in [0.5, 0.6) is 5.75 Å². The molecule has 0 spiro atoms. The summed E-state index contributed by atoms with van der Waals surface area (Å²) in [4.78, 5) is 23.7. The third-order valence-electron chi connectivity index (χ3n) is 3.74. The normalized spacial score (nSPS) is 10.4. The maximum atomic E-state index is 11.4. The number of anilines is 3. The second-order valence-electron chi connectivity index (χ2n) is 5.62. The number of aliphatic hydroxyl groups excluding tert-OH is 1. The first-order valence-corrected chi connectivity index (χ1v) is 8.34. The van der Waals surface area contributed by atoms with Gasteiger partial charge < -0.3 is 20.5 Å². The molecule has 0 aliphatic rings. The number of nitro benzene ring substituents is 1. The largest absolute Gasteiger partial charge is 0.496 e. The van der Waals surface area contributed by atoms with Crippen LogP contribution in [0, 0.1) is 10.1 Å². The molecule has 0 bridgehead atoms. The Labute approximate surface area is 160 Å². The van der Waals surface area contributed by atoms with Crippen molar-refractivity contribution in [3.05, 3.63) is 58.9 Å². The number of ether oxygens (including phenoxy) is 1. The fourth-order valence-electron chi connectivity index (χ4n) is 2.45. The number of rotatable bonds is 8. The zero-order valence-electron chi connectivity index (χ0n) is 15.0. The number of methoxy groups -OCH3 is 1. The van der Waals surface area contributed by atoms with E-state index in [0.717, 1.165) is 5.56 Å². The van der Waals surface area contributed by atoms with Gasteiger partial charge in [-0.05, 0) is 24.3 Å². The highest BCUT2D eigenvalue weighted by atomic mass is 16.6. The highest BCUT2D eigenvalue weighted by Crippen LogP contribution is 2.32. The first-order chi connectivity index (χ1) is 13.6. The predicted octanol–water partition coefficient (Wildman–Crippen LogP) is 2.60. The van der Waals surface area contributed by atoms with Crippen molar-refractivity contribution in [1.82, 2.24) is 15.0 Å². The molecule has 0 aliphatic carbocycles. The number of aromatic nitrogens is 3. The van der Waals surface area contributed by atoms with E-state index >= 15 is 0 Å². The van der Waals surface area contributed by atoms with Gasteiger partial charge in [0.25, 0.3) is 5.69 Å². The lowest BCUT2D eigenvalue weighted by molar-refractivity contribution is -0.384. The maximum Gasteiger partial charge on any atom is 0.296 e. The summed E-state index contributed by atoms with van der Waals surface area (Å²) in [6.07, 6.45) is 3.30. The van der Waals surface area contributed by atoms with Crippen LogP contribution in [0.3, 0.4) is 0 Å². The SMILES string of the molecule is COc1ccc(Nc2cc(-c3cccnc3)nc(NCCO)n2)c([N+](=O)[O-])c1. The van der Waals surface area contributed by atoms with Crippen LogP contribution < -0.4 is 15.4 Å². The van der Waals surface area contributed by atoms with Gasteiger partial charge in [0.05, 0.1) is 30.4 Å². The molecule has 0 saturated heterocycles. The molecule has 2 heterocycles. The Morgan fingerprint density at radius 2 is 2.11 bits per heavy atom. The maximum absolute atomic E-state index is 11.4. The summed E-state index contributed by atoms with van der Waals surface area (Å²) in [7, 11) is 1.44. The standard InChI is InChI=1S/C18H18N6O4/c1-28-13-4-5-14(16(9-13)24(26)27)21-17-10-15(12-3-2-6-19-11-12)22-18(23-17)20-7-8-25/h2-6,9-11,25H,7-8H2,1H3,(H2,20,21,22,23). The van der Waals surface area contributed by atoms with E-state index in [4.69, 9.17) is 9.84 Å². The first-order valence-electron chi connectivity index (χ1n) is 8.34. The van der Waals surface area contributed by atoms with Crippen molar-refractivity contribution < 1.29 is 14.8 Å². The van der Waals surface area contributed by atoms with E-state index in [-0.39, 0.29) is 30.5 Å². The number of aliphatic hydroxyl groups is 1. The molecule has 2 aromatic heterocycles. The molecule has 0 aliphatic heterocycles. The number of benzene rings is 1. The molecule has 10 heteroatoms. The molecule has 28 heavy (non-hydrogen) atoms. The van der Waals surface area contributed by atoms with Gasteiger partial charge in [-0.25, -0.2) is 4.98 Å². The van der Waals surface area contributed by atoms with Gasteiger partial charge in [0, 0.05) is 30.6 Å². The van der Waals surface area contributed by atoms with Crippen molar-refractivity contribution in [3.63, 3.8) is 0 Å². The van der Waals surface area contributed by atoms with Gasteiger partial charge in [-0.1, -0.05) is 0 Å². The van der Waals surface area contributed by atoms with E-state index in [1.54, 1.807) is 36.7 Å². The number of nitrogens with zero attached hydrogens (tertiary/aromatic N) is 4. The molecule has 0 radical (unpaired) electrons. The van der Waals surface area contributed by atoms with E-state index < -0.39 is 4.92 Å². The summed E-state index contributed by atoms with van der Waals surface area (Å²) in [5.41, 5.74) is 1.44. The summed E-state index contributed by atoms with van der Waals surface area (Å²) in [5.74, 6) is 0.998. The Morgan fingerprint density at radius 3 is 2.79 bits per heavy atom. The van der Waals surface area contributed by atoms with Crippen LogP contribution in [-0.2, 0) is 0 Å². The Balaban J connectivity index is 2.00. The van der Waals surface area contributed by atoms with Crippen LogP contribution in [0.25, 0.3) is 11.3 Å². The molecule has 3 aromatic rings. The Morgan fingerprint density at radius 1 is 1.25 bits per heavy atom. The van der Waals surface area contributed by atoms with E-state index in [0.29, 0.717) is 17.3 Å². The first kappa shape index (κ1) is 19.0. The molecular formula is C18H18N6O4. The van der Waals surface area contributed by atoms with Crippen molar-refractivity contribution in [3.8, 4) is 17.0 Å². The Bertz CT molecular complexity index is 968. The molecule has 0 atom stereocenters. The summed E-state index contributed by atoms with van der Waals surface area (Å²) in [5, 5.41) is 26.3. The zero-order chi connectivity index (χ0) is 19.9. The molecular weight excluding hydrogens is 364 g/mol. The minimum atomic E-state index is -0.501. The average molecular weight is 382 g/mol. The lowest BCUT2D eigenvalue weighted by Crippen LogP contribution is -2.10. The highest BCUT2D eigenvalue weighted by Gasteiger charge is 2.17. The van der Waals surface area contributed by atoms with Crippen molar-refractivity contribution >= 4 is 23.1 Å². The fourth-order valence-corrected chi connectivity index (χ4v) is 2.45. The minimum absolute atomic E-state index is 0.0901. The molecule has 0 fully saturated rings. The van der Waals surface area contributed by atoms with Crippen LogP contribution >= 0.6 is 0 Å². The van der Waals surface area contributed by atoms with Crippen molar-refractivity contribution in [2.45, 2.75) is 0 Å². The van der Waals surface area contributed by atoms with Crippen molar-refractivity contribution in [2.24, 2.45) is 0 Å². The summed E-state index contributed by atoms with van der Waals surface area (Å²) in [6, 6.07) is 9.77. The van der Waals surface area contributed by atoms with Gasteiger partial charge in [0.2, 0.25) is 5.95 Å². The van der Waals surface area contributed by atoms with Crippen LogP contribution in [0.15, 0.2) is 48.8 Å². The summed E-state index contributed by atoms with van der Waals surface area (Å²) < 4.78 is 5.05. The topological polar surface area (TPSA) is 135 Å². The van der Waals surface area contributed by atoms with E-state index in [1.165, 1.54) is 13.2 Å². The van der Waals surface area contributed by atoms with Gasteiger partial charge in [0.1, 0.15) is 17.3 Å². The molecule has 144 valence electrons. The predicted molar refractivity (Wildman–Crippen MR) is 104 cm³/mol. The van der Waals surface area contributed by atoms with Crippen molar-refractivity contribution in [1.29, 1.82) is 0 Å². The smallest absolute Gasteiger partial charge is 0.296 e. The van der Waals surface area contributed by atoms with Gasteiger partial charge in [-0.15, -0.1) is 0 Å². The fraction of sp³-hybridized carbons (Fsp3) is 0.167. The third kappa shape index (κ3) is 4.48. The second kappa shape index (κ2) is 8.73.